The minimum Gasteiger partial charge on any atom is -0.487 e. The van der Waals surface area contributed by atoms with E-state index in [1.54, 1.807) is 6.20 Å². The Morgan fingerprint density at radius 1 is 1.00 bits per heavy atom. The third kappa shape index (κ3) is 3.66. The summed E-state index contributed by atoms with van der Waals surface area (Å²) >= 11 is 0. The predicted molar refractivity (Wildman–Crippen MR) is 117 cm³/mol. The number of hydrogen-bond donors (Lipinski definition) is 1. The van der Waals surface area contributed by atoms with Crippen LogP contribution in [-0.4, -0.2) is 22.2 Å². The van der Waals surface area contributed by atoms with Crippen LogP contribution in [0.4, 0.5) is 0 Å². The maximum Gasteiger partial charge on any atom is 0.220 e. The maximum atomic E-state index is 11.5. The SMILES string of the molecule is Cn1nccc1COc1ccc2cc(-c3ccc(C4CNC(=O)C4)cc3)ccc2c1. The monoisotopic (exact) mass is 397 g/mol. The number of amides is 1. The third-order valence-corrected chi connectivity index (χ3v) is 5.81. The van der Waals surface area contributed by atoms with E-state index in [4.69, 9.17) is 4.74 Å². The molecule has 1 fully saturated rings. The van der Waals surface area contributed by atoms with E-state index in [9.17, 15) is 4.79 Å². The van der Waals surface area contributed by atoms with Crippen molar-refractivity contribution in [3.8, 4) is 16.9 Å². The maximum absolute atomic E-state index is 11.5. The second kappa shape index (κ2) is 7.67. The van der Waals surface area contributed by atoms with E-state index in [0.29, 0.717) is 13.0 Å². The van der Waals surface area contributed by atoms with Gasteiger partial charge in [0.15, 0.2) is 0 Å². The van der Waals surface area contributed by atoms with Gasteiger partial charge in [0.05, 0.1) is 5.69 Å². The average Bonchev–Trinajstić information content (AvgIpc) is 3.40. The Kier molecular flexibility index (Phi) is 4.71. The van der Waals surface area contributed by atoms with Crippen LogP contribution in [0, 0.1) is 0 Å². The second-order valence-electron chi connectivity index (χ2n) is 7.79. The quantitative estimate of drug-likeness (QED) is 0.542. The van der Waals surface area contributed by atoms with Gasteiger partial charge in [0.1, 0.15) is 12.4 Å². The molecule has 5 rings (SSSR count). The van der Waals surface area contributed by atoms with Crippen LogP contribution in [0.1, 0.15) is 23.6 Å². The molecule has 3 aromatic carbocycles. The zero-order valence-electron chi connectivity index (χ0n) is 16.8. The number of ether oxygens (including phenoxy) is 1. The molecule has 0 radical (unpaired) electrons. The number of nitrogens with zero attached hydrogens (tertiary/aromatic N) is 2. The molecule has 5 heteroatoms. The van der Waals surface area contributed by atoms with Gasteiger partial charge in [-0.3, -0.25) is 9.48 Å². The van der Waals surface area contributed by atoms with Crippen molar-refractivity contribution in [1.29, 1.82) is 0 Å². The van der Waals surface area contributed by atoms with Gasteiger partial charge in [0.25, 0.3) is 0 Å². The van der Waals surface area contributed by atoms with Gasteiger partial charge in [-0.1, -0.05) is 42.5 Å². The van der Waals surface area contributed by atoms with Gasteiger partial charge in [-0.15, -0.1) is 0 Å². The number of rotatable bonds is 5. The lowest BCUT2D eigenvalue weighted by molar-refractivity contribution is -0.119. The highest BCUT2D eigenvalue weighted by molar-refractivity contribution is 5.88. The highest BCUT2D eigenvalue weighted by Crippen LogP contribution is 2.29. The van der Waals surface area contributed by atoms with E-state index in [-0.39, 0.29) is 11.8 Å². The summed E-state index contributed by atoms with van der Waals surface area (Å²) in [4.78, 5) is 11.5. The lowest BCUT2D eigenvalue weighted by Crippen LogP contribution is -2.13. The molecule has 1 atom stereocenters. The molecule has 1 amide bonds. The van der Waals surface area contributed by atoms with Crippen LogP contribution in [0.15, 0.2) is 72.9 Å². The molecule has 1 saturated heterocycles. The van der Waals surface area contributed by atoms with Crippen molar-refractivity contribution < 1.29 is 9.53 Å². The Hall–Kier alpha value is -3.60. The van der Waals surface area contributed by atoms with Gasteiger partial charge in [0, 0.05) is 32.1 Å². The molecule has 0 aliphatic carbocycles. The van der Waals surface area contributed by atoms with Crippen molar-refractivity contribution in [2.45, 2.75) is 18.9 Å². The van der Waals surface area contributed by atoms with Crippen LogP contribution in [0.5, 0.6) is 5.75 Å². The average molecular weight is 397 g/mol. The Balaban J connectivity index is 1.33. The van der Waals surface area contributed by atoms with Crippen molar-refractivity contribution in [2.24, 2.45) is 7.05 Å². The fourth-order valence-corrected chi connectivity index (χ4v) is 3.98. The Morgan fingerprint density at radius 3 is 2.50 bits per heavy atom. The van der Waals surface area contributed by atoms with Crippen LogP contribution in [0.2, 0.25) is 0 Å². The molecule has 0 spiro atoms. The lowest BCUT2D eigenvalue weighted by Gasteiger charge is -2.11. The summed E-state index contributed by atoms with van der Waals surface area (Å²) in [7, 11) is 1.91. The summed E-state index contributed by atoms with van der Waals surface area (Å²) < 4.78 is 7.75. The summed E-state index contributed by atoms with van der Waals surface area (Å²) in [5.74, 6) is 1.27. The largest absolute Gasteiger partial charge is 0.487 e. The summed E-state index contributed by atoms with van der Waals surface area (Å²) in [5.41, 5.74) is 4.60. The summed E-state index contributed by atoms with van der Waals surface area (Å²) in [6.07, 6.45) is 2.36. The zero-order chi connectivity index (χ0) is 20.5. The predicted octanol–water partition coefficient (Wildman–Crippen LogP) is 4.42. The number of hydrogen-bond acceptors (Lipinski definition) is 3. The molecule has 1 aliphatic heterocycles. The highest BCUT2D eigenvalue weighted by atomic mass is 16.5. The smallest absolute Gasteiger partial charge is 0.220 e. The standard InChI is InChI=1S/C25H23N3O2/c1-28-23(10-11-27-28)16-30-24-9-8-20-12-19(6-7-21(20)13-24)17-2-4-18(5-3-17)22-14-25(29)26-15-22/h2-13,22H,14-16H2,1H3,(H,26,29). The van der Waals surface area contributed by atoms with Crippen LogP contribution in [0.25, 0.3) is 21.9 Å². The van der Waals surface area contributed by atoms with Gasteiger partial charge >= 0.3 is 0 Å². The van der Waals surface area contributed by atoms with Crippen molar-refractivity contribution in [1.82, 2.24) is 15.1 Å². The van der Waals surface area contributed by atoms with Gasteiger partial charge in [-0.2, -0.15) is 5.10 Å². The minimum atomic E-state index is 0.141. The lowest BCUT2D eigenvalue weighted by atomic mass is 9.95. The van der Waals surface area contributed by atoms with E-state index in [2.05, 4.69) is 65.0 Å². The molecule has 2 heterocycles. The van der Waals surface area contributed by atoms with E-state index in [0.717, 1.165) is 23.4 Å². The molecule has 150 valence electrons. The molecule has 0 bridgehead atoms. The first-order valence-corrected chi connectivity index (χ1v) is 10.2. The van der Waals surface area contributed by atoms with Crippen LogP contribution >= 0.6 is 0 Å². The van der Waals surface area contributed by atoms with Crippen molar-refractivity contribution >= 4 is 16.7 Å². The van der Waals surface area contributed by atoms with E-state index in [1.165, 1.54) is 22.1 Å². The molecule has 30 heavy (non-hydrogen) atoms. The van der Waals surface area contributed by atoms with Crippen molar-refractivity contribution in [2.75, 3.05) is 6.54 Å². The zero-order valence-corrected chi connectivity index (χ0v) is 16.8. The number of aryl methyl sites for hydroxylation is 1. The molecule has 5 nitrogen and oxygen atoms in total. The van der Waals surface area contributed by atoms with Gasteiger partial charge in [-0.05, 0) is 51.7 Å². The van der Waals surface area contributed by atoms with Gasteiger partial charge < -0.3 is 10.1 Å². The minimum absolute atomic E-state index is 0.141. The molecule has 1 aromatic heterocycles. The summed E-state index contributed by atoms with van der Waals surface area (Å²) in [5, 5.41) is 9.39. The number of nitrogens with one attached hydrogen (secondary N) is 1. The van der Waals surface area contributed by atoms with E-state index < -0.39 is 0 Å². The fourth-order valence-electron chi connectivity index (χ4n) is 3.98. The van der Waals surface area contributed by atoms with E-state index >= 15 is 0 Å². The third-order valence-electron chi connectivity index (χ3n) is 5.81. The van der Waals surface area contributed by atoms with Crippen molar-refractivity contribution in [3.05, 3.63) is 84.2 Å². The molecular formula is C25H23N3O2. The Bertz CT molecular complexity index is 1210. The first-order chi connectivity index (χ1) is 14.7. The van der Waals surface area contributed by atoms with Gasteiger partial charge in [0.2, 0.25) is 5.91 Å². The second-order valence-corrected chi connectivity index (χ2v) is 7.79. The summed E-state index contributed by atoms with van der Waals surface area (Å²) in [6.45, 7) is 1.23. The molecule has 0 saturated carbocycles. The van der Waals surface area contributed by atoms with Crippen LogP contribution in [0.3, 0.4) is 0 Å². The molecular weight excluding hydrogens is 374 g/mol. The van der Waals surface area contributed by atoms with Crippen molar-refractivity contribution in [3.63, 3.8) is 0 Å². The first kappa shape index (κ1) is 18.4. The normalized spacial score (nSPS) is 16.0. The molecule has 1 N–H and O–H groups in total. The van der Waals surface area contributed by atoms with Crippen LogP contribution < -0.4 is 10.1 Å². The first-order valence-electron chi connectivity index (χ1n) is 10.2. The number of carbonyl (C=O) groups is 1. The Labute approximate surface area is 175 Å². The summed E-state index contributed by atoms with van der Waals surface area (Å²) in [6, 6.07) is 23.2. The fraction of sp³-hybridized carbons (Fsp3) is 0.200. The molecule has 1 unspecified atom stereocenters. The number of aromatic nitrogens is 2. The van der Waals surface area contributed by atoms with Crippen LogP contribution in [-0.2, 0) is 18.4 Å². The van der Waals surface area contributed by atoms with Gasteiger partial charge in [-0.25, -0.2) is 0 Å². The Morgan fingerprint density at radius 2 is 1.77 bits per heavy atom. The number of fused-ring (bicyclic) bond motifs is 1. The van der Waals surface area contributed by atoms with E-state index in [1.807, 2.05) is 23.9 Å². The topological polar surface area (TPSA) is 56.1 Å². The molecule has 4 aromatic rings. The number of carbonyl (C=O) groups excluding carboxylic acids is 1. The highest BCUT2D eigenvalue weighted by Gasteiger charge is 2.22. The molecule has 1 aliphatic rings. The number of benzene rings is 3.